The van der Waals surface area contributed by atoms with Crippen LogP contribution in [-0.2, 0) is 4.74 Å². The summed E-state index contributed by atoms with van der Waals surface area (Å²) in [5.41, 5.74) is 3.59. The van der Waals surface area contributed by atoms with Crippen LogP contribution in [0.15, 0.2) is 12.1 Å². The Kier molecular flexibility index (Phi) is 4.16. The molecular formula is C20H28N4O2. The van der Waals surface area contributed by atoms with Crippen LogP contribution in [-0.4, -0.2) is 37.7 Å². The van der Waals surface area contributed by atoms with Gasteiger partial charge in [0.2, 0.25) is 0 Å². The van der Waals surface area contributed by atoms with Gasteiger partial charge in [0.1, 0.15) is 5.60 Å². The van der Waals surface area contributed by atoms with Crippen molar-refractivity contribution in [3.05, 3.63) is 29.2 Å². The number of aryl methyl sites for hydroxylation is 1. The van der Waals surface area contributed by atoms with Crippen molar-refractivity contribution in [1.82, 2.24) is 19.5 Å². The largest absolute Gasteiger partial charge is 0.444 e. The highest BCUT2D eigenvalue weighted by atomic mass is 16.6. The van der Waals surface area contributed by atoms with Gasteiger partial charge >= 0.3 is 6.09 Å². The molecule has 6 heteroatoms. The quantitative estimate of drug-likeness (QED) is 0.801. The lowest BCUT2D eigenvalue weighted by Gasteiger charge is -2.35. The molecule has 4 rings (SSSR count). The van der Waals surface area contributed by atoms with Gasteiger partial charge in [-0.05, 0) is 65.9 Å². The van der Waals surface area contributed by atoms with E-state index in [0.29, 0.717) is 12.5 Å². The van der Waals surface area contributed by atoms with E-state index in [1.165, 1.54) is 18.5 Å². The molecule has 2 fully saturated rings. The average molecular weight is 356 g/mol. The maximum absolute atomic E-state index is 12.7. The molecule has 0 N–H and O–H groups in total. The highest BCUT2D eigenvalue weighted by Crippen LogP contribution is 2.39. The topological polar surface area (TPSA) is 59.7 Å². The second-order valence-corrected chi connectivity index (χ2v) is 8.62. The Bertz CT molecular complexity index is 832. The molecular weight excluding hydrogens is 328 g/mol. The summed E-state index contributed by atoms with van der Waals surface area (Å²) >= 11 is 0. The number of carbonyl (C=O) groups is 1. The van der Waals surface area contributed by atoms with E-state index in [1.54, 1.807) is 0 Å². The van der Waals surface area contributed by atoms with Gasteiger partial charge in [-0.1, -0.05) is 0 Å². The molecule has 6 nitrogen and oxygen atoms in total. The highest BCUT2D eigenvalue weighted by Gasteiger charge is 2.33. The fourth-order valence-corrected chi connectivity index (χ4v) is 3.70. The monoisotopic (exact) mass is 356 g/mol. The van der Waals surface area contributed by atoms with Gasteiger partial charge in [0.25, 0.3) is 0 Å². The van der Waals surface area contributed by atoms with Gasteiger partial charge in [-0.3, -0.25) is 4.90 Å². The molecule has 1 amide bonds. The number of aromatic nitrogens is 3. The highest BCUT2D eigenvalue weighted by molar-refractivity contribution is 5.69. The van der Waals surface area contributed by atoms with E-state index in [9.17, 15) is 4.79 Å². The number of likely N-dealkylation sites (tertiary alicyclic amines) is 1. The Balaban J connectivity index is 1.65. The second-order valence-electron chi connectivity index (χ2n) is 8.62. The van der Waals surface area contributed by atoms with Gasteiger partial charge in [0.05, 0.1) is 11.7 Å². The number of hydrogen-bond donors (Lipinski definition) is 0. The van der Waals surface area contributed by atoms with E-state index in [1.807, 2.05) is 36.3 Å². The van der Waals surface area contributed by atoms with Crippen LogP contribution in [0.2, 0.25) is 0 Å². The number of piperidine rings is 1. The lowest BCUT2D eigenvalue weighted by Crippen LogP contribution is -2.42. The lowest BCUT2D eigenvalue weighted by molar-refractivity contribution is 0.00898. The summed E-state index contributed by atoms with van der Waals surface area (Å²) in [5, 5.41) is 4.79. The number of nitrogens with zero attached hydrogens (tertiary/aromatic N) is 4. The van der Waals surface area contributed by atoms with Crippen LogP contribution >= 0.6 is 0 Å². The Hall–Kier alpha value is -2.11. The Labute approximate surface area is 154 Å². The van der Waals surface area contributed by atoms with Gasteiger partial charge in [-0.2, -0.15) is 5.10 Å². The SMILES string of the molecule is Cc1cc(C2CC2)nc2cc([C@@H]3CCCCN3C(=O)OC(C)(C)C)nn12. The van der Waals surface area contributed by atoms with E-state index in [2.05, 4.69) is 13.0 Å². The van der Waals surface area contributed by atoms with Crippen LogP contribution in [0.5, 0.6) is 0 Å². The molecule has 1 aliphatic heterocycles. The summed E-state index contributed by atoms with van der Waals surface area (Å²) in [7, 11) is 0. The Morgan fingerprint density at radius 2 is 1.92 bits per heavy atom. The molecule has 1 saturated heterocycles. The van der Waals surface area contributed by atoms with Crippen molar-refractivity contribution in [2.75, 3.05) is 6.54 Å². The summed E-state index contributed by atoms with van der Waals surface area (Å²) in [5.74, 6) is 0.616. The number of amides is 1. The fourth-order valence-electron chi connectivity index (χ4n) is 3.70. The van der Waals surface area contributed by atoms with Crippen molar-refractivity contribution in [2.24, 2.45) is 0 Å². The zero-order chi connectivity index (χ0) is 18.5. The standard InChI is InChI=1S/C20H28N4O2/c1-13-11-15(14-8-9-14)21-18-12-16(22-24(13)18)17-7-5-6-10-23(17)19(25)26-20(2,3)4/h11-12,14,17H,5-10H2,1-4H3/t17-/m0/s1. The Morgan fingerprint density at radius 3 is 2.62 bits per heavy atom. The fraction of sp³-hybridized carbons (Fsp3) is 0.650. The number of carbonyl (C=O) groups excluding carboxylic acids is 1. The number of hydrogen-bond acceptors (Lipinski definition) is 4. The van der Waals surface area contributed by atoms with Crippen molar-refractivity contribution < 1.29 is 9.53 Å². The zero-order valence-corrected chi connectivity index (χ0v) is 16.2. The van der Waals surface area contributed by atoms with Gasteiger partial charge in [0.15, 0.2) is 5.65 Å². The molecule has 3 heterocycles. The minimum Gasteiger partial charge on any atom is -0.444 e. The van der Waals surface area contributed by atoms with Crippen LogP contribution in [0.3, 0.4) is 0 Å². The molecule has 0 aromatic carbocycles. The second kappa shape index (κ2) is 6.25. The minimum atomic E-state index is -0.491. The molecule has 26 heavy (non-hydrogen) atoms. The van der Waals surface area contributed by atoms with Crippen molar-refractivity contribution in [1.29, 1.82) is 0 Å². The van der Waals surface area contributed by atoms with Crippen molar-refractivity contribution >= 4 is 11.7 Å². The molecule has 1 aliphatic carbocycles. The van der Waals surface area contributed by atoms with E-state index < -0.39 is 5.60 Å². The van der Waals surface area contributed by atoms with Crippen molar-refractivity contribution in [3.8, 4) is 0 Å². The van der Waals surface area contributed by atoms with E-state index in [4.69, 9.17) is 14.8 Å². The summed E-state index contributed by atoms with van der Waals surface area (Å²) < 4.78 is 7.53. The maximum Gasteiger partial charge on any atom is 0.410 e. The van der Waals surface area contributed by atoms with Crippen molar-refractivity contribution in [2.45, 2.75) is 77.4 Å². The summed E-state index contributed by atoms with van der Waals surface area (Å²) in [4.78, 5) is 19.3. The predicted octanol–water partition coefficient (Wildman–Crippen LogP) is 4.38. The minimum absolute atomic E-state index is 0.0379. The number of rotatable bonds is 2. The molecule has 2 aromatic heterocycles. The first-order valence-electron chi connectivity index (χ1n) is 9.69. The molecule has 0 bridgehead atoms. The summed E-state index contributed by atoms with van der Waals surface area (Å²) in [6.45, 7) is 8.50. The maximum atomic E-state index is 12.7. The molecule has 0 radical (unpaired) electrons. The van der Waals surface area contributed by atoms with Gasteiger partial charge in [0, 0.05) is 29.9 Å². The van der Waals surface area contributed by atoms with Gasteiger partial charge in [-0.25, -0.2) is 14.3 Å². The third-order valence-corrected chi connectivity index (χ3v) is 5.11. The van der Waals surface area contributed by atoms with Crippen LogP contribution in [0.1, 0.15) is 81.9 Å². The smallest absolute Gasteiger partial charge is 0.410 e. The predicted molar refractivity (Wildman–Crippen MR) is 99.2 cm³/mol. The molecule has 2 aromatic rings. The first-order chi connectivity index (χ1) is 12.3. The number of fused-ring (bicyclic) bond motifs is 1. The third kappa shape index (κ3) is 3.41. The summed E-state index contributed by atoms with van der Waals surface area (Å²) in [6.07, 6.45) is 5.24. The van der Waals surface area contributed by atoms with Crippen LogP contribution in [0.25, 0.3) is 5.65 Å². The summed E-state index contributed by atoms with van der Waals surface area (Å²) in [6, 6.07) is 4.16. The van der Waals surface area contributed by atoms with E-state index >= 15 is 0 Å². The van der Waals surface area contributed by atoms with Gasteiger partial charge in [-0.15, -0.1) is 0 Å². The lowest BCUT2D eigenvalue weighted by atomic mass is 10.00. The molecule has 140 valence electrons. The Morgan fingerprint density at radius 1 is 1.15 bits per heavy atom. The average Bonchev–Trinajstić information content (AvgIpc) is 3.32. The molecule has 2 aliphatic rings. The molecule has 1 saturated carbocycles. The van der Waals surface area contributed by atoms with Gasteiger partial charge < -0.3 is 4.74 Å². The normalized spacial score (nSPS) is 21.2. The first kappa shape index (κ1) is 17.3. The van der Waals surface area contributed by atoms with Crippen LogP contribution in [0.4, 0.5) is 4.79 Å². The zero-order valence-electron chi connectivity index (χ0n) is 16.2. The molecule has 0 unspecified atom stereocenters. The molecule has 1 atom stereocenters. The van der Waals surface area contributed by atoms with E-state index in [0.717, 1.165) is 36.3 Å². The van der Waals surface area contributed by atoms with Crippen molar-refractivity contribution in [3.63, 3.8) is 0 Å². The van der Waals surface area contributed by atoms with E-state index in [-0.39, 0.29) is 12.1 Å². The number of ether oxygens (including phenoxy) is 1. The van der Waals surface area contributed by atoms with Crippen LogP contribution in [0, 0.1) is 6.92 Å². The third-order valence-electron chi connectivity index (χ3n) is 5.11. The molecule has 0 spiro atoms. The van der Waals surface area contributed by atoms with Crippen LogP contribution < -0.4 is 0 Å². The first-order valence-corrected chi connectivity index (χ1v) is 9.69.